The van der Waals surface area contributed by atoms with Gasteiger partial charge in [0, 0.05) is 24.2 Å². The van der Waals surface area contributed by atoms with Crippen molar-refractivity contribution in [3.8, 4) is 17.0 Å². The van der Waals surface area contributed by atoms with E-state index in [1.54, 1.807) is 31.4 Å². The molecule has 8 heteroatoms. The van der Waals surface area contributed by atoms with E-state index >= 15 is 0 Å². The summed E-state index contributed by atoms with van der Waals surface area (Å²) in [5.41, 5.74) is 2.08. The van der Waals surface area contributed by atoms with E-state index in [2.05, 4.69) is 15.5 Å². The highest BCUT2D eigenvalue weighted by atomic mass is 16.5. The van der Waals surface area contributed by atoms with Gasteiger partial charge in [-0.25, -0.2) is 4.98 Å². The molecule has 0 radical (unpaired) electrons. The van der Waals surface area contributed by atoms with Crippen molar-refractivity contribution in [2.24, 2.45) is 0 Å². The summed E-state index contributed by atoms with van der Waals surface area (Å²) < 4.78 is 11.7. The van der Waals surface area contributed by atoms with Crippen LogP contribution in [0.25, 0.3) is 22.4 Å². The van der Waals surface area contributed by atoms with E-state index in [0.717, 1.165) is 5.56 Å². The first-order chi connectivity index (χ1) is 14.2. The van der Waals surface area contributed by atoms with Gasteiger partial charge in [-0.2, -0.15) is 0 Å². The molecular weight excluding hydrogens is 372 g/mol. The number of amides is 1. The Hall–Kier alpha value is -3.94. The fraction of sp³-hybridized carbons (Fsp3) is 0.143. The molecule has 0 spiro atoms. The molecule has 29 heavy (non-hydrogen) atoms. The molecule has 0 unspecified atom stereocenters. The molecule has 2 aromatic carbocycles. The molecule has 2 heterocycles. The van der Waals surface area contributed by atoms with E-state index in [4.69, 9.17) is 9.26 Å². The van der Waals surface area contributed by atoms with Gasteiger partial charge in [0.25, 0.3) is 11.1 Å². The Labute approximate surface area is 165 Å². The van der Waals surface area contributed by atoms with Crippen LogP contribution >= 0.6 is 0 Å². The van der Waals surface area contributed by atoms with Gasteiger partial charge in [0.15, 0.2) is 0 Å². The normalized spacial score (nSPS) is 10.8. The van der Waals surface area contributed by atoms with Crippen LogP contribution in [0.4, 0.5) is 5.69 Å². The van der Waals surface area contributed by atoms with E-state index in [1.165, 1.54) is 10.9 Å². The molecule has 1 N–H and O–H groups in total. The summed E-state index contributed by atoms with van der Waals surface area (Å²) in [5.74, 6) is 0.487. The van der Waals surface area contributed by atoms with Gasteiger partial charge in [0.2, 0.25) is 5.91 Å². The first kappa shape index (κ1) is 18.4. The summed E-state index contributed by atoms with van der Waals surface area (Å²) in [7, 11) is 1.58. The Morgan fingerprint density at radius 2 is 1.90 bits per heavy atom. The van der Waals surface area contributed by atoms with Crippen LogP contribution in [0.5, 0.6) is 5.75 Å². The van der Waals surface area contributed by atoms with E-state index in [-0.39, 0.29) is 30.0 Å². The minimum absolute atomic E-state index is 0.0712. The third-order valence-electron chi connectivity index (χ3n) is 4.45. The molecule has 0 aliphatic rings. The van der Waals surface area contributed by atoms with Gasteiger partial charge in [-0.05, 0) is 24.3 Å². The Morgan fingerprint density at radius 3 is 2.62 bits per heavy atom. The molecule has 0 bridgehead atoms. The molecule has 0 aliphatic carbocycles. The maximum absolute atomic E-state index is 12.7. The molecule has 0 saturated carbocycles. The molecular formula is C21H18N4O4. The first-order valence-corrected chi connectivity index (χ1v) is 9.00. The highest BCUT2D eigenvalue weighted by molar-refractivity contribution is 5.90. The molecule has 2 aromatic heterocycles. The number of ether oxygens (including phenoxy) is 1. The van der Waals surface area contributed by atoms with Crippen molar-refractivity contribution < 1.29 is 14.1 Å². The number of anilines is 1. The van der Waals surface area contributed by atoms with Crippen molar-refractivity contribution in [2.45, 2.75) is 13.0 Å². The molecule has 0 atom stereocenters. The van der Waals surface area contributed by atoms with Crippen LogP contribution in [0.2, 0.25) is 0 Å². The van der Waals surface area contributed by atoms with Gasteiger partial charge < -0.3 is 14.6 Å². The number of fused-ring (bicyclic) bond motifs is 1. The van der Waals surface area contributed by atoms with Crippen LogP contribution in [-0.4, -0.2) is 27.7 Å². The number of nitrogens with zero attached hydrogens (tertiary/aromatic N) is 3. The van der Waals surface area contributed by atoms with Crippen molar-refractivity contribution in [2.75, 3.05) is 12.4 Å². The topological polar surface area (TPSA) is 99.2 Å². The number of methoxy groups -OCH3 is 1. The molecule has 4 aromatic rings. The number of aromatic nitrogens is 3. The van der Waals surface area contributed by atoms with Crippen LogP contribution < -0.4 is 15.6 Å². The van der Waals surface area contributed by atoms with Crippen LogP contribution in [0.15, 0.2) is 70.2 Å². The van der Waals surface area contributed by atoms with Gasteiger partial charge in [-0.15, -0.1) is 0 Å². The fourth-order valence-electron chi connectivity index (χ4n) is 2.92. The predicted molar refractivity (Wildman–Crippen MR) is 108 cm³/mol. The second kappa shape index (κ2) is 7.97. The summed E-state index contributed by atoms with van der Waals surface area (Å²) in [6.07, 6.45) is 1.52. The van der Waals surface area contributed by atoms with E-state index in [9.17, 15) is 9.59 Å². The zero-order chi connectivity index (χ0) is 20.2. The highest BCUT2D eigenvalue weighted by Crippen LogP contribution is 2.24. The lowest BCUT2D eigenvalue weighted by molar-refractivity contribution is -0.116. The van der Waals surface area contributed by atoms with E-state index in [0.29, 0.717) is 22.6 Å². The van der Waals surface area contributed by atoms with Crippen molar-refractivity contribution in [3.05, 3.63) is 71.3 Å². The summed E-state index contributed by atoms with van der Waals surface area (Å²) in [6.45, 7) is 0.172. The van der Waals surface area contributed by atoms with Crippen LogP contribution in [0.1, 0.15) is 6.42 Å². The predicted octanol–water partition coefficient (Wildman–Crippen LogP) is 3.09. The number of carbonyl (C=O) groups excluding carboxylic acids is 1. The molecule has 0 aliphatic heterocycles. The van der Waals surface area contributed by atoms with Gasteiger partial charge in [-0.3, -0.25) is 14.2 Å². The average Bonchev–Trinajstić information content (AvgIpc) is 3.19. The lowest BCUT2D eigenvalue weighted by atomic mass is 10.1. The quantitative estimate of drug-likeness (QED) is 0.543. The van der Waals surface area contributed by atoms with Crippen LogP contribution in [0.3, 0.4) is 0 Å². The Bertz CT molecular complexity index is 1200. The minimum Gasteiger partial charge on any atom is -0.497 e. The fourth-order valence-corrected chi connectivity index (χ4v) is 2.92. The molecule has 8 nitrogen and oxygen atoms in total. The van der Waals surface area contributed by atoms with Crippen molar-refractivity contribution in [1.82, 2.24) is 14.7 Å². The number of aryl methyl sites for hydroxylation is 1. The van der Waals surface area contributed by atoms with E-state index < -0.39 is 0 Å². The lowest BCUT2D eigenvalue weighted by Gasteiger charge is -2.07. The second-order valence-corrected chi connectivity index (χ2v) is 6.34. The monoisotopic (exact) mass is 390 g/mol. The summed E-state index contributed by atoms with van der Waals surface area (Å²) >= 11 is 0. The zero-order valence-corrected chi connectivity index (χ0v) is 15.7. The van der Waals surface area contributed by atoms with Gasteiger partial charge in [-0.1, -0.05) is 35.5 Å². The number of nitrogens with one attached hydrogen (secondary N) is 1. The number of rotatable bonds is 6. The third kappa shape index (κ3) is 3.86. The molecule has 4 rings (SSSR count). The maximum Gasteiger partial charge on any atom is 0.299 e. The molecule has 146 valence electrons. The Kier molecular flexibility index (Phi) is 5.07. The average molecular weight is 390 g/mol. The standard InChI is InChI=1S/C21H18N4O4/c1-28-16-9-7-15(8-10-16)23-17(26)11-12-25-13-22-19-18(14-5-3-2-4-6-14)24-29-20(19)21(25)27/h2-10,13H,11-12H2,1H3,(H,23,26). The second-order valence-electron chi connectivity index (χ2n) is 6.34. The number of carbonyl (C=O) groups is 1. The Balaban J connectivity index is 1.47. The maximum atomic E-state index is 12.7. The Morgan fingerprint density at radius 1 is 1.14 bits per heavy atom. The number of hydrogen-bond donors (Lipinski definition) is 1. The lowest BCUT2D eigenvalue weighted by Crippen LogP contribution is -2.23. The van der Waals surface area contributed by atoms with Crippen LogP contribution in [0, 0.1) is 0 Å². The van der Waals surface area contributed by atoms with E-state index in [1.807, 2.05) is 30.3 Å². The third-order valence-corrected chi connectivity index (χ3v) is 4.45. The molecule has 0 fully saturated rings. The zero-order valence-electron chi connectivity index (χ0n) is 15.7. The van der Waals surface area contributed by atoms with Crippen LogP contribution in [-0.2, 0) is 11.3 Å². The van der Waals surface area contributed by atoms with Gasteiger partial charge in [0.05, 0.1) is 13.4 Å². The van der Waals surface area contributed by atoms with Crippen molar-refractivity contribution >= 4 is 22.7 Å². The van der Waals surface area contributed by atoms with Gasteiger partial charge >= 0.3 is 0 Å². The largest absolute Gasteiger partial charge is 0.497 e. The number of benzene rings is 2. The summed E-state index contributed by atoms with van der Waals surface area (Å²) in [4.78, 5) is 29.2. The highest BCUT2D eigenvalue weighted by Gasteiger charge is 2.16. The molecule has 1 amide bonds. The number of hydrogen-bond acceptors (Lipinski definition) is 6. The van der Waals surface area contributed by atoms with Crippen molar-refractivity contribution in [1.29, 1.82) is 0 Å². The SMILES string of the molecule is COc1ccc(NC(=O)CCn2cnc3c(-c4ccccc4)noc3c2=O)cc1. The summed E-state index contributed by atoms with van der Waals surface area (Å²) in [6, 6.07) is 16.4. The first-order valence-electron chi connectivity index (χ1n) is 9.00. The summed E-state index contributed by atoms with van der Waals surface area (Å²) in [5, 5.41) is 6.77. The van der Waals surface area contributed by atoms with Gasteiger partial charge in [0.1, 0.15) is 17.0 Å². The molecule has 0 saturated heterocycles. The van der Waals surface area contributed by atoms with Crippen molar-refractivity contribution in [3.63, 3.8) is 0 Å². The minimum atomic E-state index is -0.373. The smallest absolute Gasteiger partial charge is 0.299 e.